The minimum atomic E-state index is 0.793. The molecule has 1 heterocycles. The third-order valence-electron chi connectivity index (χ3n) is 3.18. The molecule has 18 heavy (non-hydrogen) atoms. The van der Waals surface area contributed by atoms with Crippen LogP contribution in [-0.4, -0.2) is 4.98 Å². The summed E-state index contributed by atoms with van der Waals surface area (Å²) in [5.41, 5.74) is 11.3. The van der Waals surface area contributed by atoms with Gasteiger partial charge in [0.15, 0.2) is 0 Å². The number of nitrogen functional groups attached to an aromatic ring is 1. The van der Waals surface area contributed by atoms with E-state index in [1.165, 1.54) is 16.7 Å². The fourth-order valence-corrected chi connectivity index (χ4v) is 2.19. The van der Waals surface area contributed by atoms with E-state index in [4.69, 9.17) is 5.73 Å². The molecular formula is C16H14N2. The van der Waals surface area contributed by atoms with E-state index in [1.807, 2.05) is 30.5 Å². The molecule has 0 aliphatic heterocycles. The van der Waals surface area contributed by atoms with Crippen molar-refractivity contribution in [1.82, 2.24) is 4.98 Å². The average molecular weight is 234 g/mol. The molecule has 0 spiro atoms. The van der Waals surface area contributed by atoms with E-state index in [1.54, 1.807) is 0 Å². The summed E-state index contributed by atoms with van der Waals surface area (Å²) in [4.78, 5) is 4.33. The highest BCUT2D eigenvalue weighted by molar-refractivity contribution is 5.85. The number of hydrogen-bond acceptors (Lipinski definition) is 2. The smallest absolute Gasteiger partial charge is 0.0702 e. The van der Waals surface area contributed by atoms with Gasteiger partial charge in [-0.2, -0.15) is 0 Å². The van der Waals surface area contributed by atoms with Crippen molar-refractivity contribution in [1.29, 1.82) is 0 Å². The van der Waals surface area contributed by atoms with Crippen LogP contribution in [0.25, 0.3) is 22.0 Å². The topological polar surface area (TPSA) is 38.9 Å². The van der Waals surface area contributed by atoms with Gasteiger partial charge >= 0.3 is 0 Å². The molecule has 3 aromatic rings. The van der Waals surface area contributed by atoms with Crippen LogP contribution < -0.4 is 5.73 Å². The van der Waals surface area contributed by atoms with Gasteiger partial charge in [-0.05, 0) is 53.9 Å². The number of benzene rings is 2. The van der Waals surface area contributed by atoms with Crippen molar-refractivity contribution in [3.8, 4) is 11.1 Å². The molecular weight excluding hydrogens is 220 g/mol. The van der Waals surface area contributed by atoms with Crippen LogP contribution in [0.4, 0.5) is 5.69 Å². The highest BCUT2D eigenvalue weighted by atomic mass is 14.6. The Labute approximate surface area is 106 Å². The average Bonchev–Trinajstić information content (AvgIpc) is 2.41. The Morgan fingerprint density at radius 1 is 1.00 bits per heavy atom. The first-order valence-electron chi connectivity index (χ1n) is 5.95. The number of rotatable bonds is 1. The van der Waals surface area contributed by atoms with Crippen LogP contribution >= 0.6 is 0 Å². The quantitative estimate of drug-likeness (QED) is 0.650. The monoisotopic (exact) mass is 234 g/mol. The molecule has 88 valence electrons. The number of nitrogens with two attached hydrogens (primary N) is 1. The molecule has 0 aliphatic carbocycles. The van der Waals surface area contributed by atoms with E-state index in [2.05, 4.69) is 36.2 Å². The van der Waals surface area contributed by atoms with Gasteiger partial charge < -0.3 is 5.73 Å². The molecule has 0 amide bonds. The second-order valence-electron chi connectivity index (χ2n) is 4.49. The van der Waals surface area contributed by atoms with Crippen LogP contribution in [0.3, 0.4) is 0 Å². The Bertz CT molecular complexity index is 717. The first-order chi connectivity index (χ1) is 8.74. The molecule has 0 fully saturated rings. The fourth-order valence-electron chi connectivity index (χ4n) is 2.19. The zero-order chi connectivity index (χ0) is 12.5. The van der Waals surface area contributed by atoms with Crippen molar-refractivity contribution < 1.29 is 0 Å². The number of nitrogens with zero attached hydrogens (tertiary/aromatic N) is 1. The number of aromatic nitrogens is 1. The predicted molar refractivity (Wildman–Crippen MR) is 76.3 cm³/mol. The van der Waals surface area contributed by atoms with Gasteiger partial charge in [0.25, 0.3) is 0 Å². The highest BCUT2D eigenvalue weighted by Gasteiger charge is 2.03. The Hall–Kier alpha value is -2.35. The van der Waals surface area contributed by atoms with Gasteiger partial charge in [0.05, 0.1) is 5.52 Å². The van der Waals surface area contributed by atoms with Gasteiger partial charge in [-0.1, -0.05) is 18.2 Å². The van der Waals surface area contributed by atoms with Gasteiger partial charge in [0.1, 0.15) is 0 Å². The standard InChI is InChI=1S/C16H14N2/c1-11-4-6-14(17)10-15(11)12-5-7-16-13(9-12)3-2-8-18-16/h2-10H,17H2,1H3. The van der Waals surface area contributed by atoms with E-state index in [0.29, 0.717) is 0 Å². The molecule has 0 saturated heterocycles. The molecule has 0 atom stereocenters. The summed E-state index contributed by atoms with van der Waals surface area (Å²) < 4.78 is 0. The lowest BCUT2D eigenvalue weighted by molar-refractivity contribution is 1.41. The summed E-state index contributed by atoms with van der Waals surface area (Å²) in [6.07, 6.45) is 1.81. The predicted octanol–water partition coefficient (Wildman–Crippen LogP) is 3.79. The molecule has 0 radical (unpaired) electrons. The van der Waals surface area contributed by atoms with Crippen molar-refractivity contribution in [2.75, 3.05) is 5.73 Å². The van der Waals surface area contributed by atoms with Crippen LogP contribution in [-0.2, 0) is 0 Å². The molecule has 0 bridgehead atoms. The molecule has 2 N–H and O–H groups in total. The lowest BCUT2D eigenvalue weighted by atomic mass is 9.98. The maximum atomic E-state index is 5.87. The first kappa shape index (κ1) is 10.8. The van der Waals surface area contributed by atoms with Crippen LogP contribution in [0.2, 0.25) is 0 Å². The molecule has 0 saturated carbocycles. The summed E-state index contributed by atoms with van der Waals surface area (Å²) in [5.74, 6) is 0. The minimum Gasteiger partial charge on any atom is -0.399 e. The fraction of sp³-hybridized carbons (Fsp3) is 0.0625. The molecule has 0 aliphatic rings. The van der Waals surface area contributed by atoms with E-state index < -0.39 is 0 Å². The summed E-state index contributed by atoms with van der Waals surface area (Å²) >= 11 is 0. The number of fused-ring (bicyclic) bond motifs is 1. The van der Waals surface area contributed by atoms with Gasteiger partial charge in [-0.3, -0.25) is 4.98 Å². The maximum Gasteiger partial charge on any atom is 0.0702 e. The Morgan fingerprint density at radius 3 is 2.78 bits per heavy atom. The van der Waals surface area contributed by atoms with E-state index in [-0.39, 0.29) is 0 Å². The van der Waals surface area contributed by atoms with E-state index in [9.17, 15) is 0 Å². The van der Waals surface area contributed by atoms with Crippen molar-refractivity contribution in [2.45, 2.75) is 6.92 Å². The van der Waals surface area contributed by atoms with Crippen molar-refractivity contribution in [3.05, 3.63) is 60.3 Å². The number of pyridine rings is 1. The molecule has 1 aromatic heterocycles. The molecule has 0 unspecified atom stereocenters. The Morgan fingerprint density at radius 2 is 1.89 bits per heavy atom. The minimum absolute atomic E-state index is 0.793. The zero-order valence-electron chi connectivity index (χ0n) is 10.2. The normalized spacial score (nSPS) is 10.7. The number of hydrogen-bond donors (Lipinski definition) is 1. The molecule has 2 heteroatoms. The largest absolute Gasteiger partial charge is 0.399 e. The zero-order valence-corrected chi connectivity index (χ0v) is 10.2. The van der Waals surface area contributed by atoms with E-state index >= 15 is 0 Å². The first-order valence-corrected chi connectivity index (χ1v) is 5.95. The summed E-state index contributed by atoms with van der Waals surface area (Å²) in [7, 11) is 0. The van der Waals surface area contributed by atoms with E-state index in [0.717, 1.165) is 16.6 Å². The third kappa shape index (κ3) is 1.82. The van der Waals surface area contributed by atoms with Crippen LogP contribution in [0.5, 0.6) is 0 Å². The highest BCUT2D eigenvalue weighted by Crippen LogP contribution is 2.27. The number of anilines is 1. The second-order valence-corrected chi connectivity index (χ2v) is 4.49. The third-order valence-corrected chi connectivity index (χ3v) is 3.18. The van der Waals surface area contributed by atoms with Crippen molar-refractivity contribution in [3.63, 3.8) is 0 Å². The van der Waals surface area contributed by atoms with Crippen molar-refractivity contribution >= 4 is 16.6 Å². The van der Waals surface area contributed by atoms with Gasteiger partial charge in [-0.15, -0.1) is 0 Å². The van der Waals surface area contributed by atoms with Gasteiger partial charge in [0.2, 0.25) is 0 Å². The maximum absolute atomic E-state index is 5.87. The van der Waals surface area contributed by atoms with Crippen LogP contribution in [0.1, 0.15) is 5.56 Å². The Balaban J connectivity index is 2.22. The van der Waals surface area contributed by atoms with Crippen LogP contribution in [0.15, 0.2) is 54.7 Å². The lowest BCUT2D eigenvalue weighted by Gasteiger charge is -2.08. The number of aryl methyl sites for hydroxylation is 1. The van der Waals surface area contributed by atoms with Crippen LogP contribution in [0, 0.1) is 6.92 Å². The molecule has 2 aromatic carbocycles. The van der Waals surface area contributed by atoms with Gasteiger partial charge in [0, 0.05) is 17.3 Å². The molecule has 2 nitrogen and oxygen atoms in total. The Kier molecular flexibility index (Phi) is 2.49. The molecule has 3 rings (SSSR count). The summed E-state index contributed by atoms with van der Waals surface area (Å²) in [6, 6.07) is 16.3. The SMILES string of the molecule is Cc1ccc(N)cc1-c1ccc2ncccc2c1. The summed E-state index contributed by atoms with van der Waals surface area (Å²) in [6.45, 7) is 2.10. The summed E-state index contributed by atoms with van der Waals surface area (Å²) in [5, 5.41) is 1.15. The van der Waals surface area contributed by atoms with Crippen molar-refractivity contribution in [2.24, 2.45) is 0 Å². The second kappa shape index (κ2) is 4.15. The van der Waals surface area contributed by atoms with Gasteiger partial charge in [-0.25, -0.2) is 0 Å². The lowest BCUT2D eigenvalue weighted by Crippen LogP contribution is -1.89.